The Bertz CT molecular complexity index is 611. The molecular formula is C16H18N2O3. The third kappa shape index (κ3) is 3.97. The first-order chi connectivity index (χ1) is 10.1. The Morgan fingerprint density at radius 2 is 1.90 bits per heavy atom. The topological polar surface area (TPSA) is 84.6 Å². The van der Waals surface area contributed by atoms with E-state index in [1.165, 1.54) is 0 Å². The van der Waals surface area contributed by atoms with Crippen molar-refractivity contribution in [2.45, 2.75) is 12.5 Å². The number of phenols is 1. The maximum absolute atomic E-state index is 12.1. The van der Waals surface area contributed by atoms with Crippen molar-refractivity contribution in [2.24, 2.45) is 5.73 Å². The predicted octanol–water partition coefficient (Wildman–Crippen LogP) is 1.91. The van der Waals surface area contributed by atoms with Crippen LogP contribution in [0.5, 0.6) is 11.5 Å². The van der Waals surface area contributed by atoms with Crippen molar-refractivity contribution >= 4 is 11.6 Å². The van der Waals surface area contributed by atoms with Crippen LogP contribution in [-0.4, -0.2) is 24.2 Å². The van der Waals surface area contributed by atoms with Crippen molar-refractivity contribution in [1.82, 2.24) is 0 Å². The predicted molar refractivity (Wildman–Crippen MR) is 81.4 cm³/mol. The van der Waals surface area contributed by atoms with Gasteiger partial charge in [0, 0.05) is 0 Å². The van der Waals surface area contributed by atoms with E-state index in [4.69, 9.17) is 10.5 Å². The van der Waals surface area contributed by atoms with Gasteiger partial charge < -0.3 is 20.9 Å². The molecule has 0 fully saturated rings. The summed E-state index contributed by atoms with van der Waals surface area (Å²) in [6.07, 6.45) is 0.390. The molecular weight excluding hydrogens is 268 g/mol. The number of nitrogens with two attached hydrogens (primary N) is 1. The smallest absolute Gasteiger partial charge is 0.241 e. The highest BCUT2D eigenvalue weighted by molar-refractivity contribution is 5.96. The van der Waals surface area contributed by atoms with E-state index >= 15 is 0 Å². The van der Waals surface area contributed by atoms with E-state index in [9.17, 15) is 9.90 Å². The molecule has 110 valence electrons. The van der Waals surface area contributed by atoms with E-state index < -0.39 is 6.04 Å². The number of nitrogens with one attached hydrogen (secondary N) is 1. The lowest BCUT2D eigenvalue weighted by molar-refractivity contribution is -0.117. The Labute approximate surface area is 123 Å². The number of carbonyl (C=O) groups excluding carboxylic acids is 1. The first-order valence-corrected chi connectivity index (χ1v) is 6.57. The summed E-state index contributed by atoms with van der Waals surface area (Å²) in [5.41, 5.74) is 7.39. The Morgan fingerprint density at radius 3 is 2.57 bits per heavy atom. The van der Waals surface area contributed by atoms with Crippen LogP contribution in [0.25, 0.3) is 0 Å². The molecule has 0 saturated carbocycles. The van der Waals surface area contributed by atoms with Gasteiger partial charge in [-0.05, 0) is 36.2 Å². The van der Waals surface area contributed by atoms with Crippen LogP contribution in [0.1, 0.15) is 5.56 Å². The fourth-order valence-corrected chi connectivity index (χ4v) is 1.95. The largest absolute Gasteiger partial charge is 0.508 e. The van der Waals surface area contributed by atoms with Gasteiger partial charge in [0.1, 0.15) is 11.5 Å². The molecule has 1 unspecified atom stereocenters. The van der Waals surface area contributed by atoms with Crippen molar-refractivity contribution in [1.29, 1.82) is 0 Å². The van der Waals surface area contributed by atoms with Gasteiger partial charge in [0.05, 0.1) is 18.8 Å². The zero-order valence-corrected chi connectivity index (χ0v) is 11.7. The first kappa shape index (κ1) is 14.9. The Morgan fingerprint density at radius 1 is 1.24 bits per heavy atom. The number of rotatable bonds is 5. The standard InChI is InChI=1S/C16H18N2O3/c1-21-15-5-3-2-4-14(15)18-16(20)13(17)10-11-6-8-12(19)9-7-11/h2-9,13,19H,10,17H2,1H3,(H,18,20). The van der Waals surface area contributed by atoms with Gasteiger partial charge in [-0.1, -0.05) is 24.3 Å². The number of hydrogen-bond acceptors (Lipinski definition) is 4. The summed E-state index contributed by atoms with van der Waals surface area (Å²) in [6.45, 7) is 0. The van der Waals surface area contributed by atoms with Crippen LogP contribution in [0, 0.1) is 0 Å². The highest BCUT2D eigenvalue weighted by Crippen LogP contribution is 2.23. The molecule has 0 aliphatic carbocycles. The minimum absolute atomic E-state index is 0.186. The molecule has 1 amide bonds. The van der Waals surface area contributed by atoms with Crippen molar-refractivity contribution in [3.05, 3.63) is 54.1 Å². The summed E-state index contributed by atoms with van der Waals surface area (Å²) in [5.74, 6) is 0.487. The van der Waals surface area contributed by atoms with E-state index in [0.717, 1.165) is 5.56 Å². The maximum atomic E-state index is 12.1. The van der Waals surface area contributed by atoms with E-state index in [0.29, 0.717) is 17.9 Å². The molecule has 4 N–H and O–H groups in total. The molecule has 0 aliphatic rings. The highest BCUT2D eigenvalue weighted by Gasteiger charge is 2.15. The van der Waals surface area contributed by atoms with Gasteiger partial charge in [-0.3, -0.25) is 4.79 Å². The second kappa shape index (κ2) is 6.76. The van der Waals surface area contributed by atoms with Crippen molar-refractivity contribution in [3.63, 3.8) is 0 Å². The first-order valence-electron chi connectivity index (χ1n) is 6.57. The average molecular weight is 286 g/mol. The number of phenolic OH excluding ortho intramolecular Hbond substituents is 1. The van der Waals surface area contributed by atoms with Gasteiger partial charge >= 0.3 is 0 Å². The van der Waals surface area contributed by atoms with Crippen LogP contribution < -0.4 is 15.8 Å². The van der Waals surface area contributed by atoms with E-state index in [2.05, 4.69) is 5.32 Å². The lowest BCUT2D eigenvalue weighted by Gasteiger charge is -2.14. The molecule has 0 heterocycles. The lowest BCUT2D eigenvalue weighted by Crippen LogP contribution is -2.37. The zero-order valence-electron chi connectivity index (χ0n) is 11.7. The van der Waals surface area contributed by atoms with E-state index in [1.54, 1.807) is 43.5 Å². The Kier molecular flexibility index (Phi) is 4.79. The minimum Gasteiger partial charge on any atom is -0.508 e. The maximum Gasteiger partial charge on any atom is 0.241 e. The highest BCUT2D eigenvalue weighted by atomic mass is 16.5. The van der Waals surface area contributed by atoms with Crippen LogP contribution in [-0.2, 0) is 11.2 Å². The van der Waals surface area contributed by atoms with Crippen LogP contribution >= 0.6 is 0 Å². The molecule has 0 aromatic heterocycles. The van der Waals surface area contributed by atoms with E-state index in [-0.39, 0.29) is 11.7 Å². The Balaban J connectivity index is 2.01. The van der Waals surface area contributed by atoms with Crippen molar-refractivity contribution in [3.8, 4) is 11.5 Å². The molecule has 0 saturated heterocycles. The zero-order chi connectivity index (χ0) is 15.2. The SMILES string of the molecule is COc1ccccc1NC(=O)C(N)Cc1ccc(O)cc1. The van der Waals surface area contributed by atoms with Crippen LogP contribution in [0.15, 0.2) is 48.5 Å². The number of anilines is 1. The Hall–Kier alpha value is -2.53. The molecule has 0 bridgehead atoms. The molecule has 0 aliphatic heterocycles. The minimum atomic E-state index is -0.681. The molecule has 0 radical (unpaired) electrons. The summed E-state index contributed by atoms with van der Waals surface area (Å²) in [7, 11) is 1.54. The van der Waals surface area contributed by atoms with E-state index in [1.807, 2.05) is 12.1 Å². The number of methoxy groups -OCH3 is 1. The molecule has 1 atom stereocenters. The van der Waals surface area contributed by atoms with Gasteiger partial charge in [0.15, 0.2) is 0 Å². The summed E-state index contributed by atoms with van der Waals surface area (Å²) in [4.78, 5) is 12.1. The summed E-state index contributed by atoms with van der Waals surface area (Å²) >= 11 is 0. The third-order valence-corrected chi connectivity index (χ3v) is 3.09. The number of aromatic hydroxyl groups is 1. The quantitative estimate of drug-likeness (QED) is 0.784. The average Bonchev–Trinajstić information content (AvgIpc) is 2.50. The van der Waals surface area contributed by atoms with Crippen LogP contribution in [0.4, 0.5) is 5.69 Å². The number of benzene rings is 2. The second-order valence-electron chi connectivity index (χ2n) is 4.67. The molecule has 0 spiro atoms. The van der Waals surface area contributed by atoms with Gasteiger partial charge in [0.25, 0.3) is 0 Å². The number of ether oxygens (including phenoxy) is 1. The summed E-state index contributed by atoms with van der Waals surface area (Å²) < 4.78 is 5.17. The second-order valence-corrected chi connectivity index (χ2v) is 4.67. The van der Waals surface area contributed by atoms with Gasteiger partial charge in [-0.15, -0.1) is 0 Å². The fraction of sp³-hybridized carbons (Fsp3) is 0.188. The summed E-state index contributed by atoms with van der Waals surface area (Å²) in [5, 5.41) is 12.0. The van der Waals surface area contributed by atoms with Crippen LogP contribution in [0.2, 0.25) is 0 Å². The van der Waals surface area contributed by atoms with Gasteiger partial charge in [-0.2, -0.15) is 0 Å². The molecule has 21 heavy (non-hydrogen) atoms. The van der Waals surface area contributed by atoms with Crippen LogP contribution in [0.3, 0.4) is 0 Å². The number of amides is 1. The fourth-order valence-electron chi connectivity index (χ4n) is 1.95. The van der Waals surface area contributed by atoms with Gasteiger partial charge in [-0.25, -0.2) is 0 Å². The monoisotopic (exact) mass is 286 g/mol. The van der Waals surface area contributed by atoms with Gasteiger partial charge in [0.2, 0.25) is 5.91 Å². The molecule has 5 nitrogen and oxygen atoms in total. The third-order valence-electron chi connectivity index (χ3n) is 3.09. The molecule has 5 heteroatoms. The van der Waals surface area contributed by atoms with Crippen molar-refractivity contribution in [2.75, 3.05) is 12.4 Å². The number of hydrogen-bond donors (Lipinski definition) is 3. The number of para-hydroxylation sites is 2. The molecule has 2 aromatic rings. The number of carbonyl (C=O) groups is 1. The molecule has 2 aromatic carbocycles. The summed E-state index contributed by atoms with van der Waals surface area (Å²) in [6, 6.07) is 13.1. The lowest BCUT2D eigenvalue weighted by atomic mass is 10.1. The van der Waals surface area contributed by atoms with Crippen molar-refractivity contribution < 1.29 is 14.6 Å². The normalized spacial score (nSPS) is 11.7. The molecule has 2 rings (SSSR count).